The molecular weight excluding hydrogens is 242 g/mol. The van der Waals surface area contributed by atoms with Crippen LogP contribution in [0.25, 0.3) is 11.0 Å². The number of unbranched alkanes of at least 4 members (excludes halogenated alkanes) is 2. The fraction of sp³-hybridized carbons (Fsp3) is 0.500. The Morgan fingerprint density at radius 3 is 2.95 bits per heavy atom. The van der Waals surface area contributed by atoms with Crippen molar-refractivity contribution >= 4 is 17.0 Å². The molecule has 0 fully saturated rings. The molecule has 0 atom stereocenters. The number of aryl methyl sites for hydroxylation is 1. The largest absolute Gasteiger partial charge is 0.466 e. The molecule has 0 amide bonds. The SMILES string of the molecule is CCOC(=O)CCCCCn1nnc2ccccc21. The number of aromatic nitrogens is 3. The standard InChI is InChI=1S/C14H19N3O2/c1-2-19-14(18)10-4-3-7-11-17-13-9-6-5-8-12(13)15-16-17/h5-6,8-9H,2-4,7,10-11H2,1H3. The molecule has 0 bridgehead atoms. The van der Waals surface area contributed by atoms with Gasteiger partial charge in [-0.25, -0.2) is 4.68 Å². The zero-order valence-corrected chi connectivity index (χ0v) is 11.2. The number of hydrogen-bond acceptors (Lipinski definition) is 4. The highest BCUT2D eigenvalue weighted by molar-refractivity contribution is 5.73. The first-order chi connectivity index (χ1) is 9.31. The number of carbonyl (C=O) groups is 1. The molecule has 102 valence electrons. The lowest BCUT2D eigenvalue weighted by Crippen LogP contribution is -2.04. The monoisotopic (exact) mass is 261 g/mol. The lowest BCUT2D eigenvalue weighted by molar-refractivity contribution is -0.143. The maximum absolute atomic E-state index is 11.2. The second kappa shape index (κ2) is 6.87. The van der Waals surface area contributed by atoms with Gasteiger partial charge in [0.1, 0.15) is 5.52 Å². The summed E-state index contributed by atoms with van der Waals surface area (Å²) in [5.74, 6) is -0.103. The minimum Gasteiger partial charge on any atom is -0.466 e. The molecule has 0 radical (unpaired) electrons. The van der Waals surface area contributed by atoms with E-state index in [2.05, 4.69) is 10.3 Å². The summed E-state index contributed by atoms with van der Waals surface area (Å²) in [5.41, 5.74) is 1.99. The van der Waals surface area contributed by atoms with Gasteiger partial charge < -0.3 is 4.74 Å². The number of rotatable bonds is 7. The van der Waals surface area contributed by atoms with Crippen LogP contribution in [0.15, 0.2) is 24.3 Å². The van der Waals surface area contributed by atoms with Crippen LogP contribution in [0.3, 0.4) is 0 Å². The maximum atomic E-state index is 11.2. The second-order valence-corrected chi connectivity index (χ2v) is 4.42. The quantitative estimate of drug-likeness (QED) is 0.567. The normalized spacial score (nSPS) is 10.8. The zero-order valence-electron chi connectivity index (χ0n) is 11.2. The van der Waals surface area contributed by atoms with Gasteiger partial charge in [-0.15, -0.1) is 5.10 Å². The van der Waals surface area contributed by atoms with Crippen molar-refractivity contribution in [2.45, 2.75) is 39.2 Å². The predicted octanol–water partition coefficient (Wildman–Crippen LogP) is 2.55. The van der Waals surface area contributed by atoms with Crippen LogP contribution in [-0.4, -0.2) is 27.6 Å². The van der Waals surface area contributed by atoms with E-state index in [1.807, 2.05) is 35.9 Å². The highest BCUT2D eigenvalue weighted by Crippen LogP contribution is 2.11. The maximum Gasteiger partial charge on any atom is 0.305 e. The van der Waals surface area contributed by atoms with Crippen LogP contribution >= 0.6 is 0 Å². The number of nitrogens with zero attached hydrogens (tertiary/aromatic N) is 3. The van der Waals surface area contributed by atoms with E-state index in [1.165, 1.54) is 0 Å². The molecule has 0 aliphatic rings. The Balaban J connectivity index is 1.73. The van der Waals surface area contributed by atoms with Gasteiger partial charge in [-0.05, 0) is 31.9 Å². The van der Waals surface area contributed by atoms with Crippen LogP contribution in [0.2, 0.25) is 0 Å². The summed E-state index contributed by atoms with van der Waals surface area (Å²) >= 11 is 0. The topological polar surface area (TPSA) is 57.0 Å². The van der Waals surface area contributed by atoms with Crippen molar-refractivity contribution < 1.29 is 9.53 Å². The summed E-state index contributed by atoms with van der Waals surface area (Å²) in [6.07, 6.45) is 3.36. The molecule has 0 saturated heterocycles. The Morgan fingerprint density at radius 1 is 1.26 bits per heavy atom. The Labute approximate surface area is 112 Å². The van der Waals surface area contributed by atoms with E-state index in [-0.39, 0.29) is 5.97 Å². The molecule has 1 aromatic carbocycles. The van der Waals surface area contributed by atoms with Gasteiger partial charge in [0.05, 0.1) is 12.1 Å². The van der Waals surface area contributed by atoms with Crippen molar-refractivity contribution in [2.75, 3.05) is 6.61 Å². The van der Waals surface area contributed by atoms with E-state index in [9.17, 15) is 4.79 Å². The lowest BCUT2D eigenvalue weighted by atomic mass is 10.2. The average Bonchev–Trinajstić information content (AvgIpc) is 2.82. The van der Waals surface area contributed by atoms with Crippen molar-refractivity contribution in [2.24, 2.45) is 0 Å². The van der Waals surface area contributed by atoms with Gasteiger partial charge in [-0.2, -0.15) is 0 Å². The van der Waals surface area contributed by atoms with E-state index in [0.29, 0.717) is 13.0 Å². The van der Waals surface area contributed by atoms with Crippen LogP contribution in [0.4, 0.5) is 0 Å². The van der Waals surface area contributed by atoms with Gasteiger partial charge in [0.2, 0.25) is 0 Å². The molecule has 2 aromatic rings. The van der Waals surface area contributed by atoms with Gasteiger partial charge in [0, 0.05) is 13.0 Å². The minimum absolute atomic E-state index is 0.103. The van der Waals surface area contributed by atoms with Crippen LogP contribution in [0, 0.1) is 0 Å². The number of benzene rings is 1. The van der Waals surface area contributed by atoms with Gasteiger partial charge in [0.15, 0.2) is 0 Å². The van der Waals surface area contributed by atoms with Gasteiger partial charge in [-0.1, -0.05) is 23.8 Å². The van der Waals surface area contributed by atoms with E-state index in [0.717, 1.165) is 36.8 Å². The van der Waals surface area contributed by atoms with Crippen LogP contribution < -0.4 is 0 Å². The summed E-state index contributed by atoms with van der Waals surface area (Å²) in [6, 6.07) is 7.93. The highest BCUT2D eigenvalue weighted by Gasteiger charge is 2.04. The molecule has 1 aromatic heterocycles. The summed E-state index contributed by atoms with van der Waals surface area (Å²) in [4.78, 5) is 11.2. The summed E-state index contributed by atoms with van der Waals surface area (Å²) in [7, 11) is 0. The second-order valence-electron chi connectivity index (χ2n) is 4.42. The molecule has 5 nitrogen and oxygen atoms in total. The third kappa shape index (κ3) is 3.77. The van der Waals surface area contributed by atoms with Gasteiger partial charge >= 0.3 is 5.97 Å². The predicted molar refractivity (Wildman–Crippen MR) is 72.6 cm³/mol. The molecule has 0 aliphatic heterocycles. The third-order valence-electron chi connectivity index (χ3n) is 2.98. The summed E-state index contributed by atoms with van der Waals surface area (Å²) in [5, 5.41) is 8.24. The van der Waals surface area contributed by atoms with Crippen LogP contribution in [-0.2, 0) is 16.1 Å². The molecule has 0 saturated carbocycles. The van der Waals surface area contributed by atoms with Gasteiger partial charge in [0.25, 0.3) is 0 Å². The molecule has 0 aliphatic carbocycles. The Morgan fingerprint density at radius 2 is 2.11 bits per heavy atom. The molecule has 19 heavy (non-hydrogen) atoms. The third-order valence-corrected chi connectivity index (χ3v) is 2.98. The molecule has 1 heterocycles. The van der Waals surface area contributed by atoms with E-state index < -0.39 is 0 Å². The number of ether oxygens (including phenoxy) is 1. The summed E-state index contributed by atoms with van der Waals surface area (Å²) < 4.78 is 6.80. The lowest BCUT2D eigenvalue weighted by Gasteiger charge is -2.03. The van der Waals surface area contributed by atoms with Gasteiger partial charge in [-0.3, -0.25) is 4.79 Å². The molecule has 0 unspecified atom stereocenters. The Hall–Kier alpha value is -1.91. The number of esters is 1. The fourth-order valence-corrected chi connectivity index (χ4v) is 2.02. The summed E-state index contributed by atoms with van der Waals surface area (Å²) in [6.45, 7) is 3.13. The van der Waals surface area contributed by atoms with Crippen LogP contribution in [0.5, 0.6) is 0 Å². The first-order valence-corrected chi connectivity index (χ1v) is 6.75. The van der Waals surface area contributed by atoms with E-state index >= 15 is 0 Å². The Bertz CT molecular complexity index is 536. The fourth-order valence-electron chi connectivity index (χ4n) is 2.02. The number of hydrogen-bond donors (Lipinski definition) is 0. The van der Waals surface area contributed by atoms with E-state index in [4.69, 9.17) is 4.74 Å². The smallest absolute Gasteiger partial charge is 0.305 e. The van der Waals surface area contributed by atoms with Crippen molar-refractivity contribution in [3.63, 3.8) is 0 Å². The molecular formula is C14H19N3O2. The molecule has 0 N–H and O–H groups in total. The first-order valence-electron chi connectivity index (χ1n) is 6.75. The van der Waals surface area contributed by atoms with Crippen molar-refractivity contribution in [1.82, 2.24) is 15.0 Å². The van der Waals surface area contributed by atoms with Crippen LogP contribution in [0.1, 0.15) is 32.6 Å². The highest BCUT2D eigenvalue weighted by atomic mass is 16.5. The Kier molecular flexibility index (Phi) is 4.89. The number of para-hydroxylation sites is 1. The van der Waals surface area contributed by atoms with E-state index in [1.54, 1.807) is 0 Å². The first kappa shape index (κ1) is 13.5. The number of carbonyl (C=O) groups excluding carboxylic acids is 1. The molecule has 5 heteroatoms. The average molecular weight is 261 g/mol. The number of fused-ring (bicyclic) bond motifs is 1. The molecule has 2 rings (SSSR count). The van der Waals surface area contributed by atoms with Crippen molar-refractivity contribution in [3.8, 4) is 0 Å². The minimum atomic E-state index is -0.103. The zero-order chi connectivity index (χ0) is 13.5. The van der Waals surface area contributed by atoms with Crippen molar-refractivity contribution in [3.05, 3.63) is 24.3 Å². The molecule has 0 spiro atoms. The van der Waals surface area contributed by atoms with Crippen molar-refractivity contribution in [1.29, 1.82) is 0 Å².